The molecule has 0 bridgehead atoms. The number of piperazine rings is 1. The van der Waals surface area contributed by atoms with E-state index in [2.05, 4.69) is 34.3 Å². The van der Waals surface area contributed by atoms with Crippen LogP contribution in [0.25, 0.3) is 0 Å². The molecule has 9 heteroatoms. The summed E-state index contributed by atoms with van der Waals surface area (Å²) in [6.45, 7) is 11.1. The number of carbonyl (C=O) groups is 2. The van der Waals surface area contributed by atoms with Crippen molar-refractivity contribution in [3.8, 4) is 0 Å². The molecule has 4 rings (SSSR count). The molecule has 0 aliphatic carbocycles. The monoisotopic (exact) mass is 493 g/mol. The van der Waals surface area contributed by atoms with Gasteiger partial charge in [0.25, 0.3) is 5.91 Å². The molecule has 36 heavy (non-hydrogen) atoms. The van der Waals surface area contributed by atoms with Crippen LogP contribution in [0.1, 0.15) is 46.5 Å². The number of esters is 1. The minimum Gasteiger partial charge on any atom is -0.459 e. The Hall–Kier alpha value is -2.72. The maximum Gasteiger partial charge on any atom is 0.492 e. The van der Waals surface area contributed by atoms with Crippen LogP contribution in [-0.4, -0.2) is 73.1 Å². The standard InChI is InChI=1S/C27H36BN3O5/c1-18(2)25(29-26(32)23-9-8-22-17-36-28(34)24(22)19(23)3)27(33)35-16-21-7-5-6-20(14-21)15-31-12-10-30(4)11-13-31/h5-9,14,18,25,34H,10-13,15-17H2,1-4H3,(H,29,32). The van der Waals surface area contributed by atoms with E-state index in [1.54, 1.807) is 19.1 Å². The second-order valence-electron chi connectivity index (χ2n) is 10.2. The minimum atomic E-state index is -1.04. The number of amides is 1. The van der Waals surface area contributed by atoms with E-state index in [4.69, 9.17) is 9.39 Å². The number of ether oxygens (including phenoxy) is 1. The van der Waals surface area contributed by atoms with Crippen molar-refractivity contribution in [1.82, 2.24) is 15.1 Å². The molecule has 0 saturated carbocycles. The third-order valence-corrected chi connectivity index (χ3v) is 7.08. The van der Waals surface area contributed by atoms with Gasteiger partial charge in [0.2, 0.25) is 0 Å². The summed E-state index contributed by atoms with van der Waals surface area (Å²) < 4.78 is 10.9. The Bertz CT molecular complexity index is 1100. The minimum absolute atomic E-state index is 0.149. The molecule has 0 spiro atoms. The van der Waals surface area contributed by atoms with Gasteiger partial charge in [-0.2, -0.15) is 0 Å². The second kappa shape index (κ2) is 11.6. The highest BCUT2D eigenvalue weighted by Gasteiger charge is 2.32. The molecule has 192 valence electrons. The van der Waals surface area contributed by atoms with Crippen LogP contribution in [0.15, 0.2) is 36.4 Å². The average Bonchev–Trinajstić information content (AvgIpc) is 3.24. The lowest BCUT2D eigenvalue weighted by Crippen LogP contribution is -2.46. The molecular weight excluding hydrogens is 457 g/mol. The van der Waals surface area contributed by atoms with Gasteiger partial charge in [-0.3, -0.25) is 9.69 Å². The first kappa shape index (κ1) is 26.4. The van der Waals surface area contributed by atoms with Crippen LogP contribution in [0.5, 0.6) is 0 Å². The highest BCUT2D eigenvalue weighted by atomic mass is 16.5. The number of hydrogen-bond donors (Lipinski definition) is 2. The van der Waals surface area contributed by atoms with Crippen molar-refractivity contribution in [2.75, 3.05) is 33.2 Å². The van der Waals surface area contributed by atoms with E-state index in [-0.39, 0.29) is 18.4 Å². The van der Waals surface area contributed by atoms with E-state index in [1.165, 1.54) is 5.56 Å². The number of nitrogens with one attached hydrogen (secondary N) is 1. The number of carbonyl (C=O) groups excluding carboxylic acids is 2. The van der Waals surface area contributed by atoms with E-state index in [9.17, 15) is 14.6 Å². The van der Waals surface area contributed by atoms with Crippen molar-refractivity contribution in [2.45, 2.75) is 46.6 Å². The number of nitrogens with zero attached hydrogens (tertiary/aromatic N) is 2. The molecule has 1 saturated heterocycles. The van der Waals surface area contributed by atoms with Crippen LogP contribution in [0.3, 0.4) is 0 Å². The molecule has 2 aliphatic heterocycles. The summed E-state index contributed by atoms with van der Waals surface area (Å²) in [5, 5.41) is 12.9. The van der Waals surface area contributed by atoms with Crippen molar-refractivity contribution in [3.05, 3.63) is 64.2 Å². The summed E-state index contributed by atoms with van der Waals surface area (Å²) in [4.78, 5) is 30.8. The lowest BCUT2D eigenvalue weighted by Gasteiger charge is -2.32. The number of hydrogen-bond acceptors (Lipinski definition) is 7. The molecule has 2 N–H and O–H groups in total. The largest absolute Gasteiger partial charge is 0.492 e. The Balaban J connectivity index is 1.36. The first-order chi connectivity index (χ1) is 17.2. The lowest BCUT2D eigenvalue weighted by molar-refractivity contribution is -0.148. The van der Waals surface area contributed by atoms with Crippen LogP contribution < -0.4 is 10.8 Å². The molecule has 0 aromatic heterocycles. The predicted molar refractivity (Wildman–Crippen MR) is 139 cm³/mol. The SMILES string of the molecule is Cc1c(C(=O)NC(C(=O)OCc2cccc(CN3CCN(C)CC3)c2)C(C)C)ccc2c1B(O)OC2. The molecule has 8 nitrogen and oxygen atoms in total. The first-order valence-corrected chi connectivity index (χ1v) is 12.6. The third kappa shape index (κ3) is 6.15. The molecule has 1 fully saturated rings. The zero-order valence-corrected chi connectivity index (χ0v) is 21.6. The predicted octanol–water partition coefficient (Wildman–Crippen LogP) is 1.46. The number of likely N-dealkylation sites (N-methyl/N-ethyl adjacent to an activating group) is 1. The normalized spacial score (nSPS) is 17.2. The molecule has 0 radical (unpaired) electrons. The van der Waals surface area contributed by atoms with Gasteiger partial charge in [-0.25, -0.2) is 4.79 Å². The summed E-state index contributed by atoms with van der Waals surface area (Å²) in [5.74, 6) is -1.00. The fourth-order valence-corrected chi connectivity index (χ4v) is 4.80. The number of benzene rings is 2. The summed E-state index contributed by atoms with van der Waals surface area (Å²) >= 11 is 0. The second-order valence-corrected chi connectivity index (χ2v) is 10.2. The van der Waals surface area contributed by atoms with Gasteiger partial charge in [0.1, 0.15) is 12.6 Å². The van der Waals surface area contributed by atoms with E-state index in [0.29, 0.717) is 23.2 Å². The number of rotatable bonds is 8. The molecule has 2 aromatic rings. The van der Waals surface area contributed by atoms with Crippen LogP contribution in [0.2, 0.25) is 0 Å². The van der Waals surface area contributed by atoms with Crippen molar-refractivity contribution in [1.29, 1.82) is 0 Å². The van der Waals surface area contributed by atoms with Crippen molar-refractivity contribution in [2.24, 2.45) is 5.92 Å². The van der Waals surface area contributed by atoms with E-state index >= 15 is 0 Å². The van der Waals surface area contributed by atoms with E-state index in [1.807, 2.05) is 26.0 Å². The van der Waals surface area contributed by atoms with Crippen LogP contribution in [0, 0.1) is 12.8 Å². The third-order valence-electron chi connectivity index (χ3n) is 7.08. The fraction of sp³-hybridized carbons (Fsp3) is 0.481. The van der Waals surface area contributed by atoms with Crippen LogP contribution in [0.4, 0.5) is 0 Å². The van der Waals surface area contributed by atoms with Gasteiger partial charge in [-0.15, -0.1) is 0 Å². The van der Waals surface area contributed by atoms with Crippen molar-refractivity contribution >= 4 is 24.5 Å². The lowest BCUT2D eigenvalue weighted by atomic mass is 9.75. The Morgan fingerprint density at radius 1 is 1.14 bits per heavy atom. The van der Waals surface area contributed by atoms with E-state index in [0.717, 1.165) is 43.9 Å². The smallest absolute Gasteiger partial charge is 0.459 e. The fourth-order valence-electron chi connectivity index (χ4n) is 4.80. The Morgan fingerprint density at radius 2 is 1.86 bits per heavy atom. The molecule has 1 amide bonds. The van der Waals surface area contributed by atoms with Crippen molar-refractivity contribution < 1.29 is 24.0 Å². The molecule has 2 aromatic carbocycles. The van der Waals surface area contributed by atoms with Crippen LogP contribution >= 0.6 is 0 Å². The molecule has 1 atom stereocenters. The zero-order valence-electron chi connectivity index (χ0n) is 21.6. The van der Waals surface area contributed by atoms with Gasteiger partial charge in [0, 0.05) is 38.3 Å². The topological polar surface area (TPSA) is 91.3 Å². The molecular formula is C27H36BN3O5. The van der Waals surface area contributed by atoms with Gasteiger partial charge >= 0.3 is 13.1 Å². The Morgan fingerprint density at radius 3 is 2.58 bits per heavy atom. The highest BCUT2D eigenvalue weighted by Crippen LogP contribution is 2.18. The van der Waals surface area contributed by atoms with Gasteiger partial charge in [-0.1, -0.05) is 44.2 Å². The van der Waals surface area contributed by atoms with Gasteiger partial charge in [-0.05, 0) is 53.7 Å². The summed E-state index contributed by atoms with van der Waals surface area (Å²) in [7, 11) is 1.11. The maximum atomic E-state index is 13.1. The zero-order chi connectivity index (χ0) is 25.8. The Kier molecular flexibility index (Phi) is 8.46. The summed E-state index contributed by atoms with van der Waals surface area (Å²) in [5.41, 5.74) is 4.68. The summed E-state index contributed by atoms with van der Waals surface area (Å²) in [6, 6.07) is 10.8. The summed E-state index contributed by atoms with van der Waals surface area (Å²) in [6.07, 6.45) is 0. The van der Waals surface area contributed by atoms with E-state index < -0.39 is 19.1 Å². The number of fused-ring (bicyclic) bond motifs is 1. The first-order valence-electron chi connectivity index (χ1n) is 12.6. The van der Waals surface area contributed by atoms with Gasteiger partial charge in [0.15, 0.2) is 0 Å². The van der Waals surface area contributed by atoms with Crippen molar-refractivity contribution in [3.63, 3.8) is 0 Å². The quantitative estimate of drug-likeness (QED) is 0.425. The molecule has 2 aliphatic rings. The maximum absolute atomic E-state index is 13.1. The van der Waals surface area contributed by atoms with Gasteiger partial charge in [0.05, 0.1) is 6.61 Å². The Labute approximate surface area is 213 Å². The van der Waals surface area contributed by atoms with Crippen LogP contribution in [-0.2, 0) is 33.9 Å². The van der Waals surface area contributed by atoms with Gasteiger partial charge < -0.3 is 24.6 Å². The molecule has 1 unspecified atom stereocenters. The molecule has 2 heterocycles. The average molecular weight is 493 g/mol. The highest BCUT2D eigenvalue weighted by molar-refractivity contribution is 6.62.